The van der Waals surface area contributed by atoms with Gasteiger partial charge >= 0.3 is 47.7 Å². The van der Waals surface area contributed by atoms with E-state index in [4.69, 9.17) is 4.74 Å². The van der Waals surface area contributed by atoms with Crippen LogP contribution < -0.4 is 5.32 Å². The normalized spacial score (nSPS) is 17.7. The van der Waals surface area contributed by atoms with Crippen molar-refractivity contribution in [2.75, 3.05) is 11.9 Å². The van der Waals surface area contributed by atoms with Crippen molar-refractivity contribution in [2.24, 2.45) is 5.92 Å². The Balaban J connectivity index is 2.52. The van der Waals surface area contributed by atoms with Gasteiger partial charge in [0, 0.05) is 4.88 Å². The molecule has 1 aliphatic rings. The van der Waals surface area contributed by atoms with Gasteiger partial charge in [-0.1, -0.05) is 13.8 Å². The average molecular weight is 599 g/mol. The fourth-order valence-corrected chi connectivity index (χ4v) is 4.81. The van der Waals surface area contributed by atoms with Crippen LogP contribution in [0.2, 0.25) is 0 Å². The molecule has 0 fully saturated rings. The van der Waals surface area contributed by atoms with Crippen molar-refractivity contribution in [2.45, 2.75) is 75.3 Å². The number of rotatable bonds is 9. The molecule has 1 amide bonds. The Labute approximate surface area is 209 Å². The number of esters is 1. The second-order valence-corrected chi connectivity index (χ2v) is 9.62. The van der Waals surface area contributed by atoms with E-state index in [1.54, 1.807) is 13.8 Å². The third kappa shape index (κ3) is 4.92. The van der Waals surface area contributed by atoms with Gasteiger partial charge in [-0.25, -0.2) is 4.79 Å². The standard InChI is InChI=1S/C20H18F13NO3S/c1-3-6-37-13(35)11-9-5-4-8(2)7-10(9)38-12(11)34-14(36)15(21,22)16(23,24)17(25,26)18(27,28)19(29,30)20(31,32)33/h8H,3-7H2,1-2H3,(H,34,36). The third-order valence-corrected chi connectivity index (χ3v) is 6.77. The first-order valence-electron chi connectivity index (χ1n) is 10.6. The van der Waals surface area contributed by atoms with E-state index in [2.05, 4.69) is 0 Å². The lowest BCUT2D eigenvalue weighted by Gasteiger charge is -2.39. The number of anilines is 1. The van der Waals surface area contributed by atoms with Gasteiger partial charge in [0.25, 0.3) is 0 Å². The molecule has 0 spiro atoms. The van der Waals surface area contributed by atoms with Crippen LogP contribution in [0.1, 0.15) is 47.5 Å². The monoisotopic (exact) mass is 599 g/mol. The van der Waals surface area contributed by atoms with Gasteiger partial charge in [0.1, 0.15) is 5.00 Å². The molecule has 1 heterocycles. The predicted molar refractivity (Wildman–Crippen MR) is 106 cm³/mol. The minimum Gasteiger partial charge on any atom is -0.462 e. The number of carbonyl (C=O) groups excluding carboxylic acids is 2. The molecule has 1 aromatic heterocycles. The quantitative estimate of drug-likeness (QED) is 0.243. The smallest absolute Gasteiger partial charge is 0.460 e. The van der Waals surface area contributed by atoms with Crippen molar-refractivity contribution in [1.82, 2.24) is 0 Å². The molecule has 1 aromatic rings. The van der Waals surface area contributed by atoms with Gasteiger partial charge < -0.3 is 10.1 Å². The predicted octanol–water partition coefficient (Wildman–Crippen LogP) is 7.12. The summed E-state index contributed by atoms with van der Waals surface area (Å²) in [6.45, 7) is 3.07. The first-order valence-corrected chi connectivity index (χ1v) is 11.4. The van der Waals surface area contributed by atoms with Crippen LogP contribution in [0.3, 0.4) is 0 Å². The highest BCUT2D eigenvalue weighted by atomic mass is 32.1. The van der Waals surface area contributed by atoms with Crippen molar-refractivity contribution in [3.63, 3.8) is 0 Å². The first-order chi connectivity index (χ1) is 17.0. The lowest BCUT2D eigenvalue weighted by Crippen LogP contribution is -2.71. The Bertz CT molecular complexity index is 1070. The average Bonchev–Trinajstić information content (AvgIpc) is 3.12. The maximum Gasteiger partial charge on any atom is 0.460 e. The fourth-order valence-electron chi connectivity index (χ4n) is 3.42. The number of ether oxygens (including phenoxy) is 1. The molecule has 0 bridgehead atoms. The lowest BCUT2D eigenvalue weighted by molar-refractivity contribution is -0.435. The number of halogens is 13. The van der Waals surface area contributed by atoms with Gasteiger partial charge in [0.15, 0.2) is 0 Å². The van der Waals surface area contributed by atoms with E-state index in [0.29, 0.717) is 22.6 Å². The Morgan fingerprint density at radius 3 is 1.92 bits per heavy atom. The van der Waals surface area contributed by atoms with E-state index in [-0.39, 0.29) is 37.4 Å². The summed E-state index contributed by atoms with van der Waals surface area (Å²) in [6.07, 6.45) is -6.55. The van der Waals surface area contributed by atoms with E-state index in [1.807, 2.05) is 0 Å². The van der Waals surface area contributed by atoms with Crippen molar-refractivity contribution in [3.05, 3.63) is 16.0 Å². The van der Waals surface area contributed by atoms with E-state index >= 15 is 0 Å². The van der Waals surface area contributed by atoms with Gasteiger partial charge in [0.05, 0.1) is 12.2 Å². The summed E-state index contributed by atoms with van der Waals surface area (Å²) in [5.41, 5.74) is -0.445. The second-order valence-electron chi connectivity index (χ2n) is 8.52. The Kier molecular flexibility index (Phi) is 8.44. The molecule has 18 heteroatoms. The summed E-state index contributed by atoms with van der Waals surface area (Å²) in [5, 5.41) is 0.124. The number of hydrogen-bond donors (Lipinski definition) is 1. The zero-order valence-corrected chi connectivity index (χ0v) is 20.0. The summed E-state index contributed by atoms with van der Waals surface area (Å²) in [5.74, 6) is -43.6. The van der Waals surface area contributed by atoms with Crippen molar-refractivity contribution in [3.8, 4) is 0 Å². The number of fused-ring (bicyclic) bond motifs is 1. The maximum atomic E-state index is 14.3. The van der Waals surface area contributed by atoms with Gasteiger partial charge in [-0.05, 0) is 37.2 Å². The molecular weight excluding hydrogens is 581 g/mol. The van der Waals surface area contributed by atoms with Crippen molar-refractivity contribution >= 4 is 28.2 Å². The first kappa shape index (κ1) is 31.9. The van der Waals surface area contributed by atoms with Crippen LogP contribution >= 0.6 is 11.3 Å². The molecule has 4 nitrogen and oxygen atoms in total. The maximum absolute atomic E-state index is 14.3. The summed E-state index contributed by atoms with van der Waals surface area (Å²) in [6, 6.07) is 0. The molecule has 38 heavy (non-hydrogen) atoms. The van der Waals surface area contributed by atoms with Crippen LogP contribution in [0.15, 0.2) is 0 Å². The highest BCUT2D eigenvalue weighted by Gasteiger charge is 2.91. The molecule has 1 atom stereocenters. The highest BCUT2D eigenvalue weighted by molar-refractivity contribution is 7.17. The summed E-state index contributed by atoms with van der Waals surface area (Å²) < 4.78 is 178. The molecule has 0 aromatic carbocycles. The number of hydrogen-bond acceptors (Lipinski definition) is 4. The van der Waals surface area contributed by atoms with Gasteiger partial charge in [-0.2, -0.15) is 57.1 Å². The molecule has 2 rings (SSSR count). The number of carbonyl (C=O) groups is 2. The van der Waals surface area contributed by atoms with Crippen molar-refractivity contribution < 1.29 is 71.4 Å². The highest BCUT2D eigenvalue weighted by Crippen LogP contribution is 2.60. The largest absolute Gasteiger partial charge is 0.462 e. The topological polar surface area (TPSA) is 55.4 Å². The fraction of sp³-hybridized carbons (Fsp3) is 0.700. The Morgan fingerprint density at radius 2 is 1.42 bits per heavy atom. The van der Waals surface area contributed by atoms with E-state index in [0.717, 1.165) is 5.32 Å². The molecule has 0 aliphatic heterocycles. The van der Waals surface area contributed by atoms with Crippen LogP contribution in [-0.2, 0) is 22.4 Å². The van der Waals surface area contributed by atoms with Crippen LogP contribution in [0.5, 0.6) is 0 Å². The minimum atomic E-state index is -8.13. The minimum absolute atomic E-state index is 0.0359. The van der Waals surface area contributed by atoms with E-state index in [9.17, 15) is 66.7 Å². The van der Waals surface area contributed by atoms with Gasteiger partial charge in [0.2, 0.25) is 0 Å². The summed E-state index contributed by atoms with van der Waals surface area (Å²) in [4.78, 5) is 24.7. The molecular formula is C20H18F13NO3S. The molecule has 0 saturated carbocycles. The molecule has 1 unspecified atom stereocenters. The van der Waals surface area contributed by atoms with Crippen LogP contribution in [0.4, 0.5) is 62.1 Å². The van der Waals surface area contributed by atoms with Crippen LogP contribution in [0.25, 0.3) is 0 Å². The zero-order chi connectivity index (χ0) is 29.7. The van der Waals surface area contributed by atoms with Gasteiger partial charge in [-0.3, -0.25) is 4.79 Å². The summed E-state index contributed by atoms with van der Waals surface area (Å²) >= 11 is 0.388. The number of amides is 1. The Hall–Kier alpha value is -2.27. The van der Waals surface area contributed by atoms with Crippen molar-refractivity contribution in [1.29, 1.82) is 0 Å². The molecule has 1 N–H and O–H groups in total. The molecule has 0 saturated heterocycles. The third-order valence-electron chi connectivity index (χ3n) is 5.60. The van der Waals surface area contributed by atoms with E-state index < -0.39 is 58.2 Å². The lowest BCUT2D eigenvalue weighted by atomic mass is 9.88. The molecule has 218 valence electrons. The number of nitrogens with one attached hydrogen (secondary N) is 1. The second kappa shape index (κ2) is 10.0. The molecule has 0 radical (unpaired) electrons. The zero-order valence-electron chi connectivity index (χ0n) is 19.2. The van der Waals surface area contributed by atoms with Gasteiger partial charge in [-0.15, -0.1) is 11.3 Å². The number of thiophene rings is 1. The molecule has 1 aliphatic carbocycles. The van der Waals surface area contributed by atoms with Crippen LogP contribution in [-0.4, -0.2) is 54.3 Å². The van der Waals surface area contributed by atoms with Crippen LogP contribution in [0, 0.1) is 5.92 Å². The summed E-state index contributed by atoms with van der Waals surface area (Å²) in [7, 11) is 0. The SMILES string of the molecule is CCCOC(=O)c1c(NC(=O)C(F)(F)C(F)(F)C(F)(F)C(F)(F)C(F)(F)C(F)(F)F)sc2c1CCC(C)C2. The number of alkyl halides is 13. The Morgan fingerprint density at radius 1 is 0.895 bits per heavy atom. The van der Waals surface area contributed by atoms with E-state index in [1.165, 1.54) is 0 Å².